The number of likely N-dealkylation sites (tertiary alicyclic amines) is 1. The first kappa shape index (κ1) is 18.6. The van der Waals surface area contributed by atoms with Crippen molar-refractivity contribution in [1.82, 2.24) is 19.7 Å². The van der Waals surface area contributed by atoms with Crippen molar-refractivity contribution in [3.8, 4) is 5.75 Å². The van der Waals surface area contributed by atoms with Crippen molar-refractivity contribution >= 4 is 5.91 Å². The molecule has 5 rings (SSSR count). The number of nitrogens with zero attached hydrogens (tertiary/aromatic N) is 4. The lowest BCUT2D eigenvalue weighted by Gasteiger charge is -2.42. The minimum absolute atomic E-state index is 0.222. The molecule has 0 radical (unpaired) electrons. The van der Waals surface area contributed by atoms with Gasteiger partial charge in [0.15, 0.2) is 0 Å². The molecule has 6 heteroatoms. The molecule has 1 atom stereocenters. The number of ether oxygens (including phenoxy) is 1. The normalized spacial score (nSPS) is 22.7. The van der Waals surface area contributed by atoms with E-state index in [-0.39, 0.29) is 11.3 Å². The molecule has 3 aliphatic rings. The van der Waals surface area contributed by atoms with Crippen LogP contribution < -0.4 is 4.74 Å². The van der Waals surface area contributed by atoms with Gasteiger partial charge in [0.25, 0.3) is 0 Å². The van der Waals surface area contributed by atoms with Gasteiger partial charge in [0, 0.05) is 32.0 Å². The van der Waals surface area contributed by atoms with Gasteiger partial charge in [-0.15, -0.1) is 10.2 Å². The fraction of sp³-hybridized carbons (Fsp3) is 0.609. The number of carbonyl (C=O) groups is 1. The molecule has 1 aromatic heterocycles. The molecule has 0 N–H and O–H groups in total. The number of aryl methyl sites for hydroxylation is 1. The second-order valence-corrected chi connectivity index (χ2v) is 9.18. The zero-order valence-electron chi connectivity index (χ0n) is 17.2. The number of hydrogen-bond donors (Lipinski definition) is 0. The summed E-state index contributed by atoms with van der Waals surface area (Å²) in [4.78, 5) is 15.1. The van der Waals surface area contributed by atoms with Gasteiger partial charge < -0.3 is 14.2 Å². The van der Waals surface area contributed by atoms with Crippen molar-refractivity contribution in [1.29, 1.82) is 0 Å². The van der Waals surface area contributed by atoms with Gasteiger partial charge in [0.2, 0.25) is 5.91 Å². The smallest absolute Gasteiger partial charge is 0.222 e. The first-order valence-electron chi connectivity index (χ1n) is 11.0. The average Bonchev–Trinajstić information content (AvgIpc) is 3.25. The lowest BCUT2D eigenvalue weighted by atomic mass is 9.62. The van der Waals surface area contributed by atoms with Crippen LogP contribution in [0.25, 0.3) is 0 Å². The highest BCUT2D eigenvalue weighted by Crippen LogP contribution is 2.55. The van der Waals surface area contributed by atoms with Crippen LogP contribution in [0, 0.1) is 11.3 Å². The van der Waals surface area contributed by atoms with Crippen LogP contribution in [0.4, 0.5) is 0 Å². The lowest BCUT2D eigenvalue weighted by molar-refractivity contribution is -0.130. The molecule has 2 saturated carbocycles. The standard InChI is InChI=1S/C23H30N4O2/c1-29-19-5-2-4-17(12-19)8-9-21(28)26-14-20(23(15-26)10-3-11-23)22-25-24-16-27(22)13-18-6-7-18/h2,4-5,12,16,18,20H,3,6-11,13-15H2,1H3. The maximum atomic E-state index is 13.0. The van der Waals surface area contributed by atoms with E-state index in [9.17, 15) is 4.79 Å². The largest absolute Gasteiger partial charge is 0.497 e. The third-order valence-electron chi connectivity index (χ3n) is 7.22. The summed E-state index contributed by atoms with van der Waals surface area (Å²) < 4.78 is 7.57. The Hall–Kier alpha value is -2.37. The highest BCUT2D eigenvalue weighted by atomic mass is 16.5. The fourth-order valence-electron chi connectivity index (χ4n) is 5.14. The lowest BCUT2D eigenvalue weighted by Crippen LogP contribution is -2.38. The van der Waals surface area contributed by atoms with Gasteiger partial charge in [0.05, 0.1) is 7.11 Å². The molecule has 1 amide bonds. The second-order valence-electron chi connectivity index (χ2n) is 9.18. The average molecular weight is 395 g/mol. The van der Waals surface area contributed by atoms with E-state index in [1.807, 2.05) is 24.5 Å². The Morgan fingerprint density at radius 3 is 2.90 bits per heavy atom. The molecule has 2 aromatic rings. The molecule has 1 saturated heterocycles. The van der Waals surface area contributed by atoms with Crippen LogP contribution in [0.1, 0.15) is 55.8 Å². The van der Waals surface area contributed by atoms with E-state index in [1.54, 1.807) is 7.11 Å². The van der Waals surface area contributed by atoms with E-state index in [2.05, 4.69) is 25.7 Å². The van der Waals surface area contributed by atoms with E-state index in [0.717, 1.165) is 49.1 Å². The number of rotatable bonds is 7. The Morgan fingerprint density at radius 2 is 2.17 bits per heavy atom. The van der Waals surface area contributed by atoms with Crippen molar-refractivity contribution in [3.05, 3.63) is 42.0 Å². The minimum Gasteiger partial charge on any atom is -0.497 e. The van der Waals surface area contributed by atoms with Gasteiger partial charge in [-0.25, -0.2) is 0 Å². The molecule has 3 fully saturated rings. The molecule has 1 aromatic carbocycles. The second kappa shape index (κ2) is 7.47. The van der Waals surface area contributed by atoms with Crippen molar-refractivity contribution in [2.75, 3.05) is 20.2 Å². The van der Waals surface area contributed by atoms with Gasteiger partial charge in [-0.05, 0) is 61.1 Å². The van der Waals surface area contributed by atoms with E-state index in [0.29, 0.717) is 12.3 Å². The molecule has 1 unspecified atom stereocenters. The predicted octanol–water partition coefficient (Wildman–Crippen LogP) is 3.43. The van der Waals surface area contributed by atoms with Crippen LogP contribution in [0.15, 0.2) is 30.6 Å². The summed E-state index contributed by atoms with van der Waals surface area (Å²) in [7, 11) is 1.68. The summed E-state index contributed by atoms with van der Waals surface area (Å²) in [6.07, 6.45) is 9.51. The van der Waals surface area contributed by atoms with Crippen LogP contribution in [0.2, 0.25) is 0 Å². The van der Waals surface area contributed by atoms with E-state index in [4.69, 9.17) is 4.74 Å². The fourth-order valence-corrected chi connectivity index (χ4v) is 5.14. The number of methoxy groups -OCH3 is 1. The highest BCUT2D eigenvalue weighted by molar-refractivity contribution is 5.77. The number of aromatic nitrogens is 3. The van der Waals surface area contributed by atoms with Gasteiger partial charge in [0.1, 0.15) is 17.9 Å². The molecule has 2 heterocycles. The third-order valence-corrected chi connectivity index (χ3v) is 7.22. The summed E-state index contributed by atoms with van der Waals surface area (Å²) >= 11 is 0. The number of hydrogen-bond acceptors (Lipinski definition) is 4. The molecule has 2 aliphatic carbocycles. The minimum atomic E-state index is 0.222. The number of carbonyl (C=O) groups excluding carboxylic acids is 1. The van der Waals surface area contributed by atoms with Crippen LogP contribution in [0.5, 0.6) is 5.75 Å². The van der Waals surface area contributed by atoms with Gasteiger partial charge in [-0.3, -0.25) is 4.79 Å². The number of benzene rings is 1. The van der Waals surface area contributed by atoms with Crippen molar-refractivity contribution in [2.24, 2.45) is 11.3 Å². The van der Waals surface area contributed by atoms with Crippen LogP contribution in [0.3, 0.4) is 0 Å². The molecular weight excluding hydrogens is 364 g/mol. The molecule has 1 aliphatic heterocycles. The van der Waals surface area contributed by atoms with E-state index < -0.39 is 0 Å². The quantitative estimate of drug-likeness (QED) is 0.722. The molecule has 29 heavy (non-hydrogen) atoms. The Balaban J connectivity index is 1.27. The molecule has 0 bridgehead atoms. The zero-order valence-corrected chi connectivity index (χ0v) is 17.2. The maximum Gasteiger partial charge on any atom is 0.222 e. The Kier molecular flexibility index (Phi) is 4.80. The zero-order chi connectivity index (χ0) is 19.8. The van der Waals surface area contributed by atoms with Crippen LogP contribution in [-0.2, 0) is 17.8 Å². The molecule has 154 valence electrons. The highest BCUT2D eigenvalue weighted by Gasteiger charge is 2.53. The Morgan fingerprint density at radius 1 is 1.31 bits per heavy atom. The topological polar surface area (TPSA) is 60.2 Å². The van der Waals surface area contributed by atoms with Gasteiger partial charge in [-0.1, -0.05) is 18.6 Å². The van der Waals surface area contributed by atoms with Gasteiger partial charge in [-0.2, -0.15) is 0 Å². The first-order chi connectivity index (χ1) is 14.2. The monoisotopic (exact) mass is 394 g/mol. The number of amides is 1. The summed E-state index contributed by atoms with van der Waals surface area (Å²) in [5.41, 5.74) is 1.37. The first-order valence-corrected chi connectivity index (χ1v) is 11.0. The maximum absolute atomic E-state index is 13.0. The van der Waals surface area contributed by atoms with Crippen molar-refractivity contribution in [2.45, 2.75) is 57.4 Å². The SMILES string of the molecule is COc1cccc(CCC(=O)N2CC(c3nncn3CC3CC3)C3(CCC3)C2)c1. The Bertz CT molecular complexity index is 885. The summed E-state index contributed by atoms with van der Waals surface area (Å²) in [5, 5.41) is 8.76. The summed E-state index contributed by atoms with van der Waals surface area (Å²) in [6, 6.07) is 8.01. The third kappa shape index (κ3) is 3.65. The molecule has 6 nitrogen and oxygen atoms in total. The molecular formula is C23H30N4O2. The van der Waals surface area contributed by atoms with Crippen LogP contribution in [-0.4, -0.2) is 45.8 Å². The van der Waals surface area contributed by atoms with E-state index >= 15 is 0 Å². The van der Waals surface area contributed by atoms with Crippen molar-refractivity contribution < 1.29 is 9.53 Å². The predicted molar refractivity (Wildman–Crippen MR) is 110 cm³/mol. The Labute approximate surface area is 172 Å². The summed E-state index contributed by atoms with van der Waals surface area (Å²) in [5.74, 6) is 3.34. The van der Waals surface area contributed by atoms with Crippen molar-refractivity contribution in [3.63, 3.8) is 0 Å². The van der Waals surface area contributed by atoms with Gasteiger partial charge >= 0.3 is 0 Å². The van der Waals surface area contributed by atoms with E-state index in [1.165, 1.54) is 32.1 Å². The molecule has 1 spiro atoms. The summed E-state index contributed by atoms with van der Waals surface area (Å²) in [6.45, 7) is 2.71. The van der Waals surface area contributed by atoms with Crippen LogP contribution >= 0.6 is 0 Å².